The van der Waals surface area contributed by atoms with Gasteiger partial charge in [0.05, 0.1) is 18.7 Å². The lowest BCUT2D eigenvalue weighted by Gasteiger charge is -2.34. The van der Waals surface area contributed by atoms with Gasteiger partial charge in [-0.1, -0.05) is 6.07 Å². The first kappa shape index (κ1) is 25.1. The zero-order valence-corrected chi connectivity index (χ0v) is 19.4. The number of nitriles is 1. The highest BCUT2D eigenvalue weighted by atomic mass is 32.2. The molecule has 2 unspecified atom stereocenters. The van der Waals surface area contributed by atoms with E-state index < -0.39 is 59.3 Å². The van der Waals surface area contributed by atoms with Gasteiger partial charge in [-0.15, -0.1) is 0 Å². The number of hydrogen-bond acceptors (Lipinski definition) is 9. The van der Waals surface area contributed by atoms with Crippen molar-refractivity contribution in [2.24, 2.45) is 0 Å². The van der Waals surface area contributed by atoms with Crippen molar-refractivity contribution in [2.45, 2.75) is 61.1 Å². The van der Waals surface area contributed by atoms with Gasteiger partial charge in [-0.05, 0) is 25.5 Å². The molecule has 35 heavy (non-hydrogen) atoms. The van der Waals surface area contributed by atoms with Gasteiger partial charge in [0, 0.05) is 25.7 Å². The van der Waals surface area contributed by atoms with Crippen molar-refractivity contribution in [3.8, 4) is 11.9 Å². The van der Waals surface area contributed by atoms with E-state index in [9.17, 15) is 32.0 Å². The van der Waals surface area contributed by atoms with Crippen LogP contribution in [0.25, 0.3) is 0 Å². The molecule has 1 saturated heterocycles. The number of nitrogens with one attached hydrogen (secondary N) is 1. The van der Waals surface area contributed by atoms with Gasteiger partial charge in [-0.3, -0.25) is 0 Å². The third-order valence-electron chi connectivity index (χ3n) is 5.98. The second kappa shape index (κ2) is 9.21. The first-order chi connectivity index (χ1) is 16.4. The number of nitrogens with zero attached hydrogens (tertiary/aromatic N) is 5. The van der Waals surface area contributed by atoms with Crippen LogP contribution in [-0.2, 0) is 10.0 Å². The largest absolute Gasteiger partial charge is 0.470 e. The van der Waals surface area contributed by atoms with Gasteiger partial charge in [0.25, 0.3) is 15.9 Å². The Balaban J connectivity index is 1.46. The number of piperidine rings is 1. The fourth-order valence-corrected chi connectivity index (χ4v) is 5.56. The molecule has 0 radical (unpaired) electrons. The number of pyridine rings is 1. The van der Waals surface area contributed by atoms with Crippen molar-refractivity contribution in [3.63, 3.8) is 0 Å². The maximum absolute atomic E-state index is 14.9. The van der Waals surface area contributed by atoms with Gasteiger partial charge < -0.3 is 15.2 Å². The molecule has 10 nitrogen and oxygen atoms in total. The van der Waals surface area contributed by atoms with Crippen LogP contribution in [0.1, 0.15) is 31.7 Å². The molecular weight excluding hydrogens is 489 g/mol. The minimum Gasteiger partial charge on any atom is -0.470 e. The number of halogens is 3. The Morgan fingerprint density at radius 3 is 2.71 bits per heavy atom. The lowest BCUT2D eigenvalue weighted by atomic mass is 10.0. The standard InChI is InChI=1S/C21H23F3N6O4S/c1-20(31)12-21(23,24)8-16(20)34-18-13(9-25)10-27-19(29-18)28-15-5-7-30(11-14(15)22)35(32,33)17-4-2-3-6-26-17/h2-4,6,10,14-16,31H,5,7-8,11-12H2,1H3,(H,27,28,29)/t14-,15-,16?,20?/m1/s1. The van der Waals surface area contributed by atoms with Crippen molar-refractivity contribution in [2.75, 3.05) is 18.4 Å². The van der Waals surface area contributed by atoms with Crippen molar-refractivity contribution < 1.29 is 31.4 Å². The maximum Gasteiger partial charge on any atom is 0.260 e. The molecule has 4 rings (SSSR count). The van der Waals surface area contributed by atoms with E-state index in [2.05, 4.69) is 20.3 Å². The van der Waals surface area contributed by atoms with Crippen molar-refractivity contribution in [3.05, 3.63) is 36.2 Å². The minimum atomic E-state index is -3.96. The quantitative estimate of drug-likeness (QED) is 0.593. The maximum atomic E-state index is 14.9. The van der Waals surface area contributed by atoms with Gasteiger partial charge >= 0.3 is 0 Å². The predicted molar refractivity (Wildman–Crippen MR) is 116 cm³/mol. The van der Waals surface area contributed by atoms with Gasteiger partial charge in [-0.2, -0.15) is 14.6 Å². The van der Waals surface area contributed by atoms with E-state index in [-0.39, 0.29) is 35.4 Å². The molecule has 188 valence electrons. The number of aromatic nitrogens is 3. The molecule has 2 aliphatic rings. The first-order valence-electron chi connectivity index (χ1n) is 10.8. The highest BCUT2D eigenvalue weighted by molar-refractivity contribution is 7.89. The molecule has 0 bridgehead atoms. The van der Waals surface area contributed by atoms with Crippen LogP contribution >= 0.6 is 0 Å². The van der Waals surface area contributed by atoms with Gasteiger partial charge in [-0.25, -0.2) is 31.6 Å². The van der Waals surface area contributed by atoms with E-state index >= 15 is 0 Å². The highest BCUT2D eigenvalue weighted by Crippen LogP contribution is 2.43. The van der Waals surface area contributed by atoms with E-state index in [1.165, 1.54) is 25.3 Å². The van der Waals surface area contributed by atoms with Crippen molar-refractivity contribution in [1.29, 1.82) is 5.26 Å². The second-order valence-electron chi connectivity index (χ2n) is 8.81. The zero-order valence-electron chi connectivity index (χ0n) is 18.6. The number of rotatable bonds is 6. The summed E-state index contributed by atoms with van der Waals surface area (Å²) in [6.07, 6.45) is -1.99. The fraction of sp³-hybridized carbons (Fsp3) is 0.524. The molecule has 4 atom stereocenters. The molecule has 0 amide bonds. The normalized spacial score (nSPS) is 28.9. The lowest BCUT2D eigenvalue weighted by Crippen LogP contribution is -2.50. The Bertz CT molecular complexity index is 1230. The minimum absolute atomic E-state index is 0.0106. The molecule has 2 aromatic heterocycles. The lowest BCUT2D eigenvalue weighted by molar-refractivity contribution is -0.0406. The number of aliphatic hydroxyl groups is 1. The van der Waals surface area contributed by atoms with Crippen LogP contribution in [0.5, 0.6) is 5.88 Å². The topological polar surface area (TPSA) is 141 Å². The molecule has 1 saturated carbocycles. The third kappa shape index (κ3) is 5.31. The van der Waals surface area contributed by atoms with Gasteiger partial charge in [0.15, 0.2) is 5.03 Å². The predicted octanol–water partition coefficient (Wildman–Crippen LogP) is 1.88. The first-order valence-corrected chi connectivity index (χ1v) is 12.2. The summed E-state index contributed by atoms with van der Waals surface area (Å²) >= 11 is 0. The summed E-state index contributed by atoms with van der Waals surface area (Å²) in [6, 6.07) is 5.36. The Morgan fingerprint density at radius 2 is 2.11 bits per heavy atom. The van der Waals surface area contributed by atoms with Crippen LogP contribution in [0.2, 0.25) is 0 Å². The number of sulfonamides is 1. The SMILES string of the molecule is CC1(O)CC(F)(F)CC1Oc1nc(N[C@@H]2CCN(S(=O)(=O)c3ccccn3)C[C@H]2F)ncc1C#N. The molecule has 0 aromatic carbocycles. The second-order valence-corrected chi connectivity index (χ2v) is 10.7. The van der Waals surface area contributed by atoms with Crippen molar-refractivity contribution >= 4 is 16.0 Å². The summed E-state index contributed by atoms with van der Waals surface area (Å²) in [5.41, 5.74) is -1.99. The molecular formula is C21H23F3N6O4S. The fourth-order valence-electron chi connectivity index (χ4n) is 4.16. The van der Waals surface area contributed by atoms with E-state index in [0.29, 0.717) is 0 Å². The third-order valence-corrected chi connectivity index (χ3v) is 7.76. The molecule has 3 heterocycles. The average molecular weight is 513 g/mol. The van der Waals surface area contributed by atoms with Gasteiger partial charge in [0.1, 0.15) is 29.5 Å². The molecule has 0 spiro atoms. The summed E-state index contributed by atoms with van der Waals surface area (Å²) in [6.45, 7) is 0.804. The van der Waals surface area contributed by atoms with Gasteiger partial charge in [0.2, 0.25) is 11.8 Å². The van der Waals surface area contributed by atoms with Crippen LogP contribution in [0, 0.1) is 11.3 Å². The van der Waals surface area contributed by atoms with E-state index in [0.717, 1.165) is 10.5 Å². The number of alkyl halides is 3. The van der Waals surface area contributed by atoms with Crippen LogP contribution < -0.4 is 10.1 Å². The summed E-state index contributed by atoms with van der Waals surface area (Å²) in [5, 5.41) is 22.2. The number of anilines is 1. The highest BCUT2D eigenvalue weighted by Gasteiger charge is 2.54. The van der Waals surface area contributed by atoms with Crippen LogP contribution in [0.15, 0.2) is 35.6 Å². The number of hydrogen-bond donors (Lipinski definition) is 2. The Labute approximate surface area is 199 Å². The summed E-state index contributed by atoms with van der Waals surface area (Å²) in [4.78, 5) is 11.8. The average Bonchev–Trinajstić information content (AvgIpc) is 3.01. The Kier molecular flexibility index (Phi) is 6.60. The molecule has 14 heteroatoms. The van der Waals surface area contributed by atoms with E-state index in [1.54, 1.807) is 12.1 Å². The summed E-state index contributed by atoms with van der Waals surface area (Å²) in [5.74, 6) is -3.59. The molecule has 2 fully saturated rings. The van der Waals surface area contributed by atoms with Crippen LogP contribution in [0.3, 0.4) is 0 Å². The molecule has 2 aromatic rings. The monoisotopic (exact) mass is 512 g/mol. The molecule has 2 N–H and O–H groups in total. The van der Waals surface area contributed by atoms with Crippen molar-refractivity contribution in [1.82, 2.24) is 19.3 Å². The summed E-state index contributed by atoms with van der Waals surface area (Å²) < 4.78 is 74.4. The van der Waals surface area contributed by atoms with Crippen LogP contribution in [-0.4, -0.2) is 75.7 Å². The molecule has 1 aliphatic heterocycles. The van der Waals surface area contributed by atoms with Crippen LogP contribution in [0.4, 0.5) is 19.1 Å². The van der Waals surface area contributed by atoms with E-state index in [4.69, 9.17) is 4.74 Å². The summed E-state index contributed by atoms with van der Waals surface area (Å²) in [7, 11) is -3.96. The van der Waals surface area contributed by atoms with E-state index in [1.807, 2.05) is 0 Å². The molecule has 1 aliphatic carbocycles. The zero-order chi connectivity index (χ0) is 25.4. The smallest absolute Gasteiger partial charge is 0.260 e. The Morgan fingerprint density at radius 1 is 1.34 bits per heavy atom. The Hall–Kier alpha value is -3.02. The number of ether oxygens (including phenoxy) is 1.